The Labute approximate surface area is 189 Å². The van der Waals surface area contributed by atoms with Crippen LogP contribution in [-0.2, 0) is 6.61 Å². The number of hydrogen-bond donors (Lipinski definition) is 1. The van der Waals surface area contributed by atoms with E-state index in [0.29, 0.717) is 27.2 Å². The highest BCUT2D eigenvalue weighted by atomic mass is 35.5. The molecule has 1 heterocycles. The number of fused-ring (bicyclic) bond motifs is 1. The van der Waals surface area contributed by atoms with Gasteiger partial charge in [-0.1, -0.05) is 41.9 Å². The fourth-order valence-electron chi connectivity index (χ4n) is 3.18. The summed E-state index contributed by atoms with van der Waals surface area (Å²) in [4.78, 5) is 29.7. The van der Waals surface area contributed by atoms with Crippen molar-refractivity contribution in [1.29, 1.82) is 0 Å². The molecule has 0 saturated heterocycles. The molecule has 162 valence electrons. The number of H-pyrrole nitrogens is 1. The van der Waals surface area contributed by atoms with Gasteiger partial charge in [-0.2, -0.15) is 5.10 Å². The summed E-state index contributed by atoms with van der Waals surface area (Å²) >= 11 is 6.24. The Hall–Kier alpha value is -3.84. The molecule has 0 amide bonds. The minimum atomic E-state index is -0.617. The maximum Gasteiger partial charge on any atom is 0.349 e. The average molecular weight is 449 g/mol. The van der Waals surface area contributed by atoms with E-state index in [2.05, 4.69) is 10.1 Å². The van der Waals surface area contributed by atoms with E-state index < -0.39 is 11.2 Å². The van der Waals surface area contributed by atoms with Crippen molar-refractivity contribution in [2.45, 2.75) is 6.61 Å². The van der Waals surface area contributed by atoms with Crippen molar-refractivity contribution in [3.05, 3.63) is 104 Å². The number of aromatic amines is 1. The van der Waals surface area contributed by atoms with Gasteiger partial charge in [0.2, 0.25) is 0 Å². The Bertz CT molecular complexity index is 1420. The molecule has 8 heteroatoms. The molecule has 0 bridgehead atoms. The molecule has 0 aliphatic carbocycles. The molecule has 3 aromatic carbocycles. The molecule has 0 fully saturated rings. The summed E-state index contributed by atoms with van der Waals surface area (Å²) in [7, 11) is 3.85. The van der Waals surface area contributed by atoms with E-state index in [1.165, 1.54) is 6.21 Å². The number of para-hydroxylation sites is 1. The lowest BCUT2D eigenvalue weighted by molar-refractivity contribution is 0.306. The van der Waals surface area contributed by atoms with Gasteiger partial charge in [-0.25, -0.2) is 4.79 Å². The second kappa shape index (κ2) is 9.11. The maximum absolute atomic E-state index is 12.7. The molecule has 7 nitrogen and oxygen atoms in total. The average Bonchev–Trinajstić information content (AvgIpc) is 2.78. The van der Waals surface area contributed by atoms with Crippen LogP contribution in [0.4, 0.5) is 5.69 Å². The first-order valence-corrected chi connectivity index (χ1v) is 10.3. The molecule has 32 heavy (non-hydrogen) atoms. The van der Waals surface area contributed by atoms with Crippen molar-refractivity contribution in [2.75, 3.05) is 19.0 Å². The number of rotatable bonds is 6. The van der Waals surface area contributed by atoms with E-state index in [9.17, 15) is 9.59 Å². The van der Waals surface area contributed by atoms with Gasteiger partial charge < -0.3 is 14.6 Å². The fraction of sp³-hybridized carbons (Fsp3) is 0.125. The van der Waals surface area contributed by atoms with Crippen LogP contribution in [0.1, 0.15) is 11.1 Å². The number of hydrogen-bond acceptors (Lipinski definition) is 5. The Morgan fingerprint density at radius 1 is 1.06 bits per heavy atom. The Morgan fingerprint density at radius 3 is 2.59 bits per heavy atom. The SMILES string of the molecule is CN(C)c1ccc(C=Nn2c(=O)[nH]c3ccccc3c2=O)c(OCc2ccccc2Cl)c1. The van der Waals surface area contributed by atoms with Crippen LogP contribution in [0.3, 0.4) is 0 Å². The predicted octanol–water partition coefficient (Wildman–Crippen LogP) is 3.87. The summed E-state index contributed by atoms with van der Waals surface area (Å²) in [6, 6.07) is 19.8. The zero-order valence-corrected chi connectivity index (χ0v) is 18.3. The summed E-state index contributed by atoms with van der Waals surface area (Å²) in [5, 5.41) is 5.14. The molecular formula is C24H21ClN4O3. The topological polar surface area (TPSA) is 79.7 Å². The third kappa shape index (κ3) is 4.43. The number of nitrogens with one attached hydrogen (secondary N) is 1. The number of aromatic nitrogens is 2. The smallest absolute Gasteiger partial charge is 0.349 e. The molecule has 4 aromatic rings. The predicted molar refractivity (Wildman–Crippen MR) is 128 cm³/mol. The highest BCUT2D eigenvalue weighted by Gasteiger charge is 2.09. The number of benzene rings is 3. The van der Waals surface area contributed by atoms with E-state index in [4.69, 9.17) is 16.3 Å². The van der Waals surface area contributed by atoms with Gasteiger partial charge in [0, 0.05) is 42.0 Å². The number of anilines is 1. The van der Waals surface area contributed by atoms with Gasteiger partial charge >= 0.3 is 5.69 Å². The highest BCUT2D eigenvalue weighted by Crippen LogP contribution is 2.26. The van der Waals surface area contributed by atoms with E-state index in [1.54, 1.807) is 30.3 Å². The molecule has 0 aliphatic rings. The van der Waals surface area contributed by atoms with Crippen LogP contribution < -0.4 is 20.9 Å². The number of nitrogens with zero attached hydrogens (tertiary/aromatic N) is 3. The first-order valence-electron chi connectivity index (χ1n) is 9.90. The minimum absolute atomic E-state index is 0.258. The van der Waals surface area contributed by atoms with E-state index in [-0.39, 0.29) is 6.61 Å². The van der Waals surface area contributed by atoms with Crippen molar-refractivity contribution < 1.29 is 4.74 Å². The molecule has 0 atom stereocenters. The molecule has 1 N–H and O–H groups in total. The van der Waals surface area contributed by atoms with Crippen molar-refractivity contribution in [3.8, 4) is 5.75 Å². The van der Waals surface area contributed by atoms with E-state index >= 15 is 0 Å². The Morgan fingerprint density at radius 2 is 1.81 bits per heavy atom. The summed E-state index contributed by atoms with van der Waals surface area (Å²) in [5.41, 5.74) is 1.74. The zero-order chi connectivity index (χ0) is 22.7. The first-order chi connectivity index (χ1) is 15.4. The summed E-state index contributed by atoms with van der Waals surface area (Å²) in [6.07, 6.45) is 1.44. The minimum Gasteiger partial charge on any atom is -0.488 e. The summed E-state index contributed by atoms with van der Waals surface area (Å²) in [5.74, 6) is 0.546. The van der Waals surface area contributed by atoms with Gasteiger partial charge in [-0.15, -0.1) is 4.68 Å². The molecule has 4 rings (SSSR count). The molecule has 0 spiro atoms. The molecule has 1 aromatic heterocycles. The molecule has 0 saturated carbocycles. The van der Waals surface area contributed by atoms with Gasteiger partial charge in [-0.05, 0) is 30.3 Å². The van der Waals surface area contributed by atoms with Gasteiger partial charge in [0.25, 0.3) is 5.56 Å². The van der Waals surface area contributed by atoms with Crippen LogP contribution in [0, 0.1) is 0 Å². The summed E-state index contributed by atoms with van der Waals surface area (Å²) in [6.45, 7) is 0.258. The number of ether oxygens (including phenoxy) is 1. The van der Waals surface area contributed by atoms with Crippen LogP contribution in [0.25, 0.3) is 10.9 Å². The quantitative estimate of drug-likeness (QED) is 0.454. The number of halogens is 1. The van der Waals surface area contributed by atoms with Crippen LogP contribution in [-0.4, -0.2) is 30.0 Å². The van der Waals surface area contributed by atoms with Crippen molar-refractivity contribution >= 4 is 34.4 Å². The summed E-state index contributed by atoms with van der Waals surface area (Å²) < 4.78 is 6.84. The van der Waals surface area contributed by atoms with Crippen LogP contribution in [0.2, 0.25) is 5.02 Å². The van der Waals surface area contributed by atoms with Gasteiger partial charge in [0.1, 0.15) is 12.4 Å². The first kappa shape index (κ1) is 21.4. The molecule has 0 radical (unpaired) electrons. The van der Waals surface area contributed by atoms with Crippen molar-refractivity contribution in [2.24, 2.45) is 5.10 Å². The van der Waals surface area contributed by atoms with Gasteiger partial charge in [0.15, 0.2) is 0 Å². The van der Waals surface area contributed by atoms with Crippen molar-refractivity contribution in [1.82, 2.24) is 9.66 Å². The Kier molecular flexibility index (Phi) is 6.09. The highest BCUT2D eigenvalue weighted by molar-refractivity contribution is 6.31. The van der Waals surface area contributed by atoms with Crippen LogP contribution >= 0.6 is 11.6 Å². The monoisotopic (exact) mass is 448 g/mol. The second-order valence-corrected chi connectivity index (χ2v) is 7.74. The maximum atomic E-state index is 12.7. The second-order valence-electron chi connectivity index (χ2n) is 7.33. The molecule has 0 unspecified atom stereocenters. The fourth-order valence-corrected chi connectivity index (χ4v) is 3.37. The van der Waals surface area contributed by atoms with E-state index in [1.807, 2.05) is 55.4 Å². The lowest BCUT2D eigenvalue weighted by Crippen LogP contribution is -2.32. The third-order valence-corrected chi connectivity index (χ3v) is 5.32. The van der Waals surface area contributed by atoms with Crippen molar-refractivity contribution in [3.63, 3.8) is 0 Å². The van der Waals surface area contributed by atoms with Gasteiger partial charge in [-0.3, -0.25) is 4.79 Å². The third-order valence-electron chi connectivity index (χ3n) is 4.95. The zero-order valence-electron chi connectivity index (χ0n) is 17.6. The lowest BCUT2D eigenvalue weighted by atomic mass is 10.2. The normalized spacial score (nSPS) is 11.2. The lowest BCUT2D eigenvalue weighted by Gasteiger charge is -2.16. The Balaban J connectivity index is 1.71. The molecular weight excluding hydrogens is 428 g/mol. The van der Waals surface area contributed by atoms with Crippen LogP contribution in [0.15, 0.2) is 81.4 Å². The van der Waals surface area contributed by atoms with E-state index in [0.717, 1.165) is 15.9 Å². The largest absolute Gasteiger partial charge is 0.488 e. The van der Waals surface area contributed by atoms with Crippen LogP contribution in [0.5, 0.6) is 5.75 Å². The standard InChI is InChI=1S/C24H21ClN4O3/c1-28(2)18-12-11-16(22(13-18)32-15-17-7-3-5-9-20(17)25)14-26-29-23(30)19-8-4-6-10-21(19)27-24(29)31/h3-14H,15H2,1-2H3,(H,27,31). The van der Waals surface area contributed by atoms with Gasteiger partial charge in [0.05, 0.1) is 17.1 Å². The molecule has 0 aliphatic heterocycles.